The van der Waals surface area contributed by atoms with Crippen LogP contribution in [0.3, 0.4) is 0 Å². The van der Waals surface area contributed by atoms with Crippen molar-refractivity contribution in [1.29, 1.82) is 0 Å². The molecule has 0 radical (unpaired) electrons. The minimum absolute atomic E-state index is 0.169. The van der Waals surface area contributed by atoms with Gasteiger partial charge in [-0.2, -0.15) is 0 Å². The first kappa shape index (κ1) is 17.1. The molecule has 1 heterocycles. The van der Waals surface area contributed by atoms with Gasteiger partial charge >= 0.3 is 6.03 Å². The van der Waals surface area contributed by atoms with Crippen LogP contribution < -0.4 is 4.90 Å². The summed E-state index contributed by atoms with van der Waals surface area (Å²) < 4.78 is 0. The van der Waals surface area contributed by atoms with Crippen LogP contribution in [0.15, 0.2) is 24.3 Å². The van der Waals surface area contributed by atoms with E-state index in [0.717, 1.165) is 12.8 Å². The molecular formula is C17H25ClN2O2. The monoisotopic (exact) mass is 324 g/mol. The van der Waals surface area contributed by atoms with Gasteiger partial charge in [0.15, 0.2) is 0 Å². The highest BCUT2D eigenvalue weighted by atomic mass is 35.5. The van der Waals surface area contributed by atoms with Gasteiger partial charge in [-0.05, 0) is 45.4 Å². The minimum atomic E-state index is -1.24. The summed E-state index contributed by atoms with van der Waals surface area (Å²) in [6.07, 6.45) is 2.44. The lowest BCUT2D eigenvalue weighted by atomic mass is 9.87. The molecule has 1 saturated heterocycles. The molecule has 2 amide bonds. The second kappa shape index (κ2) is 6.09. The van der Waals surface area contributed by atoms with E-state index in [9.17, 15) is 9.90 Å². The number of unbranched alkanes of at least 4 members (excludes halogenated alkanes) is 1. The van der Waals surface area contributed by atoms with E-state index >= 15 is 0 Å². The van der Waals surface area contributed by atoms with Gasteiger partial charge in [-0.25, -0.2) is 4.79 Å². The summed E-state index contributed by atoms with van der Waals surface area (Å²) in [7, 11) is 0. The number of hydrogen-bond acceptors (Lipinski definition) is 2. The summed E-state index contributed by atoms with van der Waals surface area (Å²) in [4.78, 5) is 16.3. The van der Waals surface area contributed by atoms with Crippen molar-refractivity contribution in [2.75, 3.05) is 11.4 Å². The topological polar surface area (TPSA) is 43.8 Å². The van der Waals surface area contributed by atoms with Gasteiger partial charge in [0.2, 0.25) is 0 Å². The standard InChI is InChI=1S/C17H25ClN2O2/c1-5-6-10-19-15(21)20(14-9-7-8-13(18)11-14)17(4,22)12-16(19,2)3/h7-9,11,22H,5-6,10,12H2,1-4H3/t17-/m0/s1. The molecule has 0 aliphatic carbocycles. The van der Waals surface area contributed by atoms with Gasteiger partial charge < -0.3 is 10.0 Å². The molecule has 0 saturated carbocycles. The van der Waals surface area contributed by atoms with E-state index in [1.807, 2.05) is 18.7 Å². The number of rotatable bonds is 4. The summed E-state index contributed by atoms with van der Waals surface area (Å²) in [5.41, 5.74) is -1.00. The highest BCUT2D eigenvalue weighted by Crippen LogP contribution is 2.39. The number of halogens is 1. The Morgan fingerprint density at radius 2 is 2.00 bits per heavy atom. The van der Waals surface area contributed by atoms with Gasteiger partial charge in [0.25, 0.3) is 0 Å². The zero-order valence-electron chi connectivity index (χ0n) is 13.8. The summed E-state index contributed by atoms with van der Waals surface area (Å²) in [5, 5.41) is 11.4. The molecule has 1 aliphatic rings. The highest BCUT2D eigenvalue weighted by molar-refractivity contribution is 6.30. The number of hydrogen-bond donors (Lipinski definition) is 1. The number of anilines is 1. The zero-order chi connectivity index (χ0) is 16.5. The van der Waals surface area contributed by atoms with Crippen LogP contribution in [0.25, 0.3) is 0 Å². The molecule has 1 aliphatic heterocycles. The molecule has 0 aromatic heterocycles. The lowest BCUT2D eigenvalue weighted by molar-refractivity contribution is -0.0255. The summed E-state index contributed by atoms with van der Waals surface area (Å²) in [6, 6.07) is 6.89. The predicted octanol–water partition coefficient (Wildman–Crippen LogP) is 4.26. The molecule has 0 spiro atoms. The van der Waals surface area contributed by atoms with E-state index < -0.39 is 5.72 Å². The van der Waals surface area contributed by atoms with Gasteiger partial charge in [-0.15, -0.1) is 0 Å². The van der Waals surface area contributed by atoms with Gasteiger partial charge in [0.05, 0.1) is 0 Å². The third kappa shape index (κ3) is 3.23. The molecule has 1 aromatic rings. The average molecular weight is 325 g/mol. The van der Waals surface area contributed by atoms with Crippen LogP contribution >= 0.6 is 11.6 Å². The molecule has 1 atom stereocenters. The van der Waals surface area contributed by atoms with Crippen LogP contribution in [-0.4, -0.2) is 33.8 Å². The van der Waals surface area contributed by atoms with Crippen molar-refractivity contribution in [3.63, 3.8) is 0 Å². The summed E-state index contributed by atoms with van der Waals surface area (Å²) in [5.74, 6) is 0. The molecule has 5 heteroatoms. The Bertz CT molecular complexity index is 557. The fraction of sp³-hybridized carbons (Fsp3) is 0.588. The largest absolute Gasteiger partial charge is 0.371 e. The maximum Gasteiger partial charge on any atom is 0.327 e. The first-order valence-corrected chi connectivity index (χ1v) is 8.16. The van der Waals surface area contributed by atoms with Crippen LogP contribution in [0, 0.1) is 0 Å². The van der Waals surface area contributed by atoms with Crippen LogP contribution in [-0.2, 0) is 0 Å². The molecule has 2 rings (SSSR count). The number of urea groups is 1. The number of nitrogens with zero attached hydrogens (tertiary/aromatic N) is 2. The third-order valence-electron chi connectivity index (χ3n) is 4.20. The maximum absolute atomic E-state index is 13.0. The number of carbonyl (C=O) groups excluding carboxylic acids is 1. The fourth-order valence-electron chi connectivity index (χ4n) is 3.30. The second-order valence-corrected chi connectivity index (χ2v) is 7.25. The van der Waals surface area contributed by atoms with Crippen LogP contribution in [0.1, 0.15) is 47.0 Å². The lowest BCUT2D eigenvalue weighted by Crippen LogP contribution is -2.68. The Morgan fingerprint density at radius 1 is 1.32 bits per heavy atom. The molecule has 0 bridgehead atoms. The average Bonchev–Trinajstić information content (AvgIpc) is 2.36. The first-order chi connectivity index (χ1) is 10.2. The quantitative estimate of drug-likeness (QED) is 0.899. The molecule has 1 aromatic carbocycles. The third-order valence-corrected chi connectivity index (χ3v) is 4.44. The van der Waals surface area contributed by atoms with Crippen molar-refractivity contribution >= 4 is 23.3 Å². The lowest BCUT2D eigenvalue weighted by Gasteiger charge is -2.53. The Kier molecular flexibility index (Phi) is 4.73. The van der Waals surface area contributed by atoms with E-state index in [1.54, 1.807) is 31.2 Å². The summed E-state index contributed by atoms with van der Waals surface area (Å²) in [6.45, 7) is 8.49. The van der Waals surface area contributed by atoms with Gasteiger partial charge in [0.1, 0.15) is 5.72 Å². The fourth-order valence-corrected chi connectivity index (χ4v) is 3.48. The van der Waals surface area contributed by atoms with Crippen molar-refractivity contribution in [2.45, 2.75) is 58.2 Å². The van der Waals surface area contributed by atoms with Crippen molar-refractivity contribution in [3.8, 4) is 0 Å². The van der Waals surface area contributed by atoms with E-state index in [4.69, 9.17) is 11.6 Å². The molecular weight excluding hydrogens is 300 g/mol. The van der Waals surface area contributed by atoms with Crippen LogP contribution in [0.2, 0.25) is 5.02 Å². The molecule has 1 fully saturated rings. The maximum atomic E-state index is 13.0. The summed E-state index contributed by atoms with van der Waals surface area (Å²) >= 11 is 6.05. The number of amides is 2. The van der Waals surface area contributed by atoms with Gasteiger partial charge in [0, 0.05) is 29.2 Å². The van der Waals surface area contributed by atoms with Crippen molar-refractivity contribution in [2.24, 2.45) is 0 Å². The first-order valence-electron chi connectivity index (χ1n) is 7.79. The molecule has 122 valence electrons. The molecule has 22 heavy (non-hydrogen) atoms. The van der Waals surface area contributed by atoms with Crippen LogP contribution in [0.5, 0.6) is 0 Å². The van der Waals surface area contributed by atoms with Crippen LogP contribution in [0.4, 0.5) is 10.5 Å². The molecule has 0 unspecified atom stereocenters. The normalized spacial score (nSPS) is 24.7. The van der Waals surface area contributed by atoms with Gasteiger partial charge in [-0.1, -0.05) is 31.0 Å². The highest BCUT2D eigenvalue weighted by Gasteiger charge is 2.50. The Morgan fingerprint density at radius 3 is 2.59 bits per heavy atom. The minimum Gasteiger partial charge on any atom is -0.371 e. The van der Waals surface area contributed by atoms with Gasteiger partial charge in [-0.3, -0.25) is 4.90 Å². The van der Waals surface area contributed by atoms with E-state index in [1.165, 1.54) is 4.90 Å². The van der Waals surface area contributed by atoms with Crippen molar-refractivity contribution in [1.82, 2.24) is 4.90 Å². The van der Waals surface area contributed by atoms with Crippen molar-refractivity contribution in [3.05, 3.63) is 29.3 Å². The van der Waals surface area contributed by atoms with E-state index in [2.05, 4.69) is 6.92 Å². The van der Waals surface area contributed by atoms with Crippen molar-refractivity contribution < 1.29 is 9.90 Å². The molecule has 4 nitrogen and oxygen atoms in total. The Labute approximate surface area is 137 Å². The Balaban J connectivity index is 2.41. The number of carbonyl (C=O) groups is 1. The smallest absolute Gasteiger partial charge is 0.327 e. The number of aliphatic hydroxyl groups is 1. The Hall–Kier alpha value is -1.26. The van der Waals surface area contributed by atoms with E-state index in [0.29, 0.717) is 23.7 Å². The number of benzene rings is 1. The zero-order valence-corrected chi connectivity index (χ0v) is 14.5. The molecule has 1 N–H and O–H groups in total. The van der Waals surface area contributed by atoms with E-state index in [-0.39, 0.29) is 11.6 Å². The SMILES string of the molecule is CCCCN1C(=O)N(c2cccc(Cl)c2)[C@@](C)(O)CC1(C)C. The second-order valence-electron chi connectivity index (χ2n) is 6.81. The predicted molar refractivity (Wildman–Crippen MR) is 90.3 cm³/mol.